The van der Waals surface area contributed by atoms with Gasteiger partial charge in [0, 0.05) is 46.6 Å². The summed E-state index contributed by atoms with van der Waals surface area (Å²) < 4.78 is 15.0. The first-order chi connectivity index (χ1) is 4.50. The van der Waals surface area contributed by atoms with Crippen molar-refractivity contribution in [2.75, 3.05) is 0 Å². The van der Waals surface area contributed by atoms with E-state index in [4.69, 9.17) is 9.30 Å². The van der Waals surface area contributed by atoms with Crippen LogP contribution in [0.4, 0.5) is 0 Å². The SMILES string of the molecule is [C-]#[O+].[C-]#[O+].[Fe].[Na].c1cc[cH-]c1. The fraction of sp³-hybridized carbons (Fsp3) is 0. The molecular weight excluding hydrogens is 195 g/mol. The van der Waals surface area contributed by atoms with Gasteiger partial charge in [0.05, 0.1) is 0 Å². The van der Waals surface area contributed by atoms with Crippen molar-refractivity contribution in [3.05, 3.63) is 43.6 Å². The fourth-order valence-corrected chi connectivity index (χ4v) is 0.321. The van der Waals surface area contributed by atoms with Crippen molar-refractivity contribution in [1.82, 2.24) is 0 Å². The van der Waals surface area contributed by atoms with Gasteiger partial charge in [-0.2, -0.15) is 18.2 Å². The Morgan fingerprint density at radius 3 is 1.27 bits per heavy atom. The van der Waals surface area contributed by atoms with E-state index in [1.165, 1.54) is 0 Å². The standard InChI is InChI=1S/C5H5.2CO.Fe.Na/c1-2-4-5-3-1;2*1-2;;/h1-5H;;;;/q-1;;;;. The number of hydrogen-bond donors (Lipinski definition) is 0. The van der Waals surface area contributed by atoms with Gasteiger partial charge in [0.25, 0.3) is 0 Å². The van der Waals surface area contributed by atoms with E-state index in [9.17, 15) is 0 Å². The van der Waals surface area contributed by atoms with Gasteiger partial charge in [-0.1, -0.05) is 0 Å². The molecule has 0 atom stereocenters. The third-order valence-electron chi connectivity index (χ3n) is 0.556. The summed E-state index contributed by atoms with van der Waals surface area (Å²) in [6.45, 7) is 9.00. The zero-order chi connectivity index (χ0) is 7.54. The zero-order valence-electron chi connectivity index (χ0n) is 6.06. The van der Waals surface area contributed by atoms with Gasteiger partial charge in [-0.25, -0.2) is 12.1 Å². The molecular formula is C7H5FeNaO2-. The minimum atomic E-state index is 0. The average Bonchev–Trinajstić information content (AvgIpc) is 2.51. The van der Waals surface area contributed by atoms with Crippen molar-refractivity contribution in [2.24, 2.45) is 0 Å². The molecule has 0 unspecified atom stereocenters. The van der Waals surface area contributed by atoms with E-state index >= 15 is 0 Å². The quantitative estimate of drug-likeness (QED) is 0.339. The van der Waals surface area contributed by atoms with Gasteiger partial charge in [-0.15, -0.1) is 0 Å². The van der Waals surface area contributed by atoms with Gasteiger partial charge in [0.1, 0.15) is 0 Å². The van der Waals surface area contributed by atoms with Crippen molar-refractivity contribution in [3.63, 3.8) is 0 Å². The summed E-state index contributed by atoms with van der Waals surface area (Å²) in [6.07, 6.45) is 0. The Morgan fingerprint density at radius 1 is 0.909 bits per heavy atom. The zero-order valence-corrected chi connectivity index (χ0v) is 9.16. The van der Waals surface area contributed by atoms with E-state index < -0.39 is 0 Å². The first-order valence-electron chi connectivity index (χ1n) is 2.07. The summed E-state index contributed by atoms with van der Waals surface area (Å²) in [5.41, 5.74) is 0. The predicted octanol–water partition coefficient (Wildman–Crippen LogP) is 0.947. The first kappa shape index (κ1) is 22.5. The molecule has 0 heterocycles. The monoisotopic (exact) mass is 200 g/mol. The maximum absolute atomic E-state index is 7.50. The molecule has 11 heavy (non-hydrogen) atoms. The molecule has 0 saturated carbocycles. The molecule has 2 nitrogen and oxygen atoms in total. The Balaban J connectivity index is -0.0000000369. The molecule has 0 saturated heterocycles. The summed E-state index contributed by atoms with van der Waals surface area (Å²) in [5, 5.41) is 0. The first-order valence-corrected chi connectivity index (χ1v) is 2.07. The smallest absolute Gasteiger partial charge is 0 e. The van der Waals surface area contributed by atoms with Gasteiger partial charge in [0.15, 0.2) is 0 Å². The maximum atomic E-state index is 7.50. The summed E-state index contributed by atoms with van der Waals surface area (Å²) in [5.74, 6) is 0. The topological polar surface area (TPSA) is 39.8 Å². The van der Waals surface area contributed by atoms with E-state index in [2.05, 4.69) is 13.3 Å². The van der Waals surface area contributed by atoms with Crippen molar-refractivity contribution >= 4 is 29.6 Å². The summed E-state index contributed by atoms with van der Waals surface area (Å²) in [7, 11) is 0. The molecule has 0 amide bonds. The summed E-state index contributed by atoms with van der Waals surface area (Å²) >= 11 is 0. The van der Waals surface area contributed by atoms with Crippen molar-refractivity contribution in [3.8, 4) is 0 Å². The van der Waals surface area contributed by atoms with E-state index in [1.54, 1.807) is 0 Å². The van der Waals surface area contributed by atoms with Crippen LogP contribution in [0.15, 0.2) is 30.3 Å². The van der Waals surface area contributed by atoms with Crippen LogP contribution in [0.1, 0.15) is 0 Å². The molecule has 1 radical (unpaired) electrons. The van der Waals surface area contributed by atoms with Crippen LogP contribution < -0.4 is 0 Å². The van der Waals surface area contributed by atoms with Gasteiger partial charge in [-0.3, -0.25) is 0 Å². The van der Waals surface area contributed by atoms with Crippen LogP contribution in [0.2, 0.25) is 0 Å². The minimum absolute atomic E-state index is 0. The maximum Gasteiger partial charge on any atom is 0 e. The van der Waals surface area contributed by atoms with Gasteiger partial charge in [-0.05, 0) is 0 Å². The Bertz CT molecular complexity index is 123. The van der Waals surface area contributed by atoms with Crippen LogP contribution in [0.3, 0.4) is 0 Å². The van der Waals surface area contributed by atoms with E-state index in [0.717, 1.165) is 0 Å². The molecule has 0 aliphatic carbocycles. The second-order valence-corrected chi connectivity index (χ2v) is 0.962. The van der Waals surface area contributed by atoms with Crippen molar-refractivity contribution in [2.45, 2.75) is 0 Å². The van der Waals surface area contributed by atoms with E-state index in [-0.39, 0.29) is 46.6 Å². The summed E-state index contributed by atoms with van der Waals surface area (Å²) in [4.78, 5) is 0. The second kappa shape index (κ2) is 31.6. The molecule has 0 aliphatic heterocycles. The number of hydrogen-bond acceptors (Lipinski definition) is 0. The second-order valence-electron chi connectivity index (χ2n) is 0.962. The van der Waals surface area contributed by atoms with Gasteiger partial charge >= 0.3 is 22.6 Å². The van der Waals surface area contributed by atoms with Crippen LogP contribution >= 0.6 is 0 Å². The molecule has 0 fully saturated rings. The number of rotatable bonds is 0. The Labute approximate surface area is 98.9 Å². The largest absolute Gasteiger partial charge is 0.214 e. The van der Waals surface area contributed by atoms with E-state index in [1.807, 2.05) is 30.3 Å². The Hall–Kier alpha value is 0.349. The van der Waals surface area contributed by atoms with Gasteiger partial charge < -0.3 is 0 Å². The van der Waals surface area contributed by atoms with Gasteiger partial charge in [0.2, 0.25) is 0 Å². The fourth-order valence-electron chi connectivity index (χ4n) is 0.321. The third-order valence-corrected chi connectivity index (χ3v) is 0.556. The Kier molecular flexibility index (Phi) is 64.7. The van der Waals surface area contributed by atoms with Crippen molar-refractivity contribution < 1.29 is 26.4 Å². The molecule has 55 valence electrons. The normalized spacial score (nSPS) is 4.00. The van der Waals surface area contributed by atoms with Crippen LogP contribution in [-0.4, -0.2) is 29.6 Å². The van der Waals surface area contributed by atoms with Crippen LogP contribution in [-0.2, 0) is 26.4 Å². The Morgan fingerprint density at radius 2 is 1.18 bits per heavy atom. The predicted molar refractivity (Wildman–Crippen MR) is 35.6 cm³/mol. The van der Waals surface area contributed by atoms with Crippen LogP contribution in [0.5, 0.6) is 0 Å². The molecule has 0 N–H and O–H groups in total. The molecule has 0 aliphatic rings. The van der Waals surface area contributed by atoms with Crippen LogP contribution in [0, 0.1) is 13.3 Å². The molecule has 4 heteroatoms. The van der Waals surface area contributed by atoms with E-state index in [0.29, 0.717) is 0 Å². The molecule has 0 spiro atoms. The minimum Gasteiger partial charge on any atom is -0.214 e. The molecule has 1 aromatic carbocycles. The summed E-state index contributed by atoms with van der Waals surface area (Å²) in [6, 6.07) is 10.0. The molecule has 0 aromatic heterocycles. The molecule has 1 rings (SSSR count). The van der Waals surface area contributed by atoms with Crippen LogP contribution in [0.25, 0.3) is 0 Å². The van der Waals surface area contributed by atoms with Crippen molar-refractivity contribution in [1.29, 1.82) is 0 Å². The third kappa shape index (κ3) is 25.2. The molecule has 1 aromatic rings. The average molecular weight is 200 g/mol. The molecule has 0 bridgehead atoms.